The van der Waals surface area contributed by atoms with Crippen molar-refractivity contribution in [3.63, 3.8) is 0 Å². The third-order valence-electron chi connectivity index (χ3n) is 5.70. The SMILES string of the molecule is COc1cc(/C=N\NC(=O)CN(c2ccccc2)S(=O)(=O)c2ccccc2)cc(Br)c1OCc1ccc(Cl)cc1Cl. The molecule has 8 nitrogen and oxygen atoms in total. The second-order valence-corrected chi connectivity index (χ2v) is 12.1. The first-order valence-electron chi connectivity index (χ1n) is 12.1. The number of carbonyl (C=O) groups excluding carboxylic acids is 1. The number of ether oxygens (including phenoxy) is 2. The van der Waals surface area contributed by atoms with Gasteiger partial charge >= 0.3 is 0 Å². The Bertz CT molecular complexity index is 1660. The number of sulfonamides is 1. The van der Waals surface area contributed by atoms with E-state index in [9.17, 15) is 13.2 Å². The van der Waals surface area contributed by atoms with E-state index in [1.807, 2.05) is 0 Å². The molecule has 0 spiro atoms. The Balaban J connectivity index is 1.46. The molecule has 4 rings (SSSR count). The summed E-state index contributed by atoms with van der Waals surface area (Å²) >= 11 is 15.7. The summed E-state index contributed by atoms with van der Waals surface area (Å²) in [4.78, 5) is 12.9. The second-order valence-electron chi connectivity index (χ2n) is 8.51. The van der Waals surface area contributed by atoms with Crippen molar-refractivity contribution in [3.05, 3.63) is 117 Å². The number of nitrogens with one attached hydrogen (secondary N) is 1. The summed E-state index contributed by atoms with van der Waals surface area (Å²) in [5, 5.41) is 5.02. The van der Waals surface area contributed by atoms with Crippen molar-refractivity contribution >= 4 is 67.0 Å². The predicted molar refractivity (Wildman–Crippen MR) is 165 cm³/mol. The van der Waals surface area contributed by atoms with E-state index < -0.39 is 22.5 Å². The van der Waals surface area contributed by atoms with Crippen LogP contribution in [0.5, 0.6) is 11.5 Å². The third kappa shape index (κ3) is 7.80. The first-order valence-corrected chi connectivity index (χ1v) is 15.1. The minimum Gasteiger partial charge on any atom is -0.493 e. The molecule has 0 radical (unpaired) electrons. The van der Waals surface area contributed by atoms with Crippen molar-refractivity contribution in [3.8, 4) is 11.5 Å². The molecule has 0 saturated carbocycles. The van der Waals surface area contributed by atoms with Crippen molar-refractivity contribution in [2.45, 2.75) is 11.5 Å². The number of para-hydroxylation sites is 1. The molecule has 12 heteroatoms. The highest BCUT2D eigenvalue weighted by Gasteiger charge is 2.27. The predicted octanol–water partition coefficient (Wildman–Crippen LogP) is 6.69. The summed E-state index contributed by atoms with van der Waals surface area (Å²) in [6.45, 7) is -0.302. The first kappa shape index (κ1) is 30.4. The number of halogens is 3. The summed E-state index contributed by atoms with van der Waals surface area (Å²) in [6.07, 6.45) is 1.41. The van der Waals surface area contributed by atoms with Gasteiger partial charge in [0.05, 0.1) is 28.4 Å². The highest BCUT2D eigenvalue weighted by molar-refractivity contribution is 9.10. The molecule has 0 aliphatic rings. The maximum absolute atomic E-state index is 13.3. The molecule has 1 N–H and O–H groups in total. The number of carbonyl (C=O) groups is 1. The Morgan fingerprint density at radius 1 is 1.00 bits per heavy atom. The van der Waals surface area contributed by atoms with Crippen LogP contribution in [0, 0.1) is 0 Å². The van der Waals surface area contributed by atoms with Gasteiger partial charge in [-0.3, -0.25) is 9.10 Å². The Morgan fingerprint density at radius 2 is 1.68 bits per heavy atom. The molecule has 0 heterocycles. The molecule has 0 saturated heterocycles. The van der Waals surface area contributed by atoms with Crippen molar-refractivity contribution in [1.82, 2.24) is 5.43 Å². The Hall–Kier alpha value is -3.57. The fourth-order valence-corrected chi connectivity index (χ4v) is 6.20. The summed E-state index contributed by atoms with van der Waals surface area (Å²) < 4.78 is 39.7. The van der Waals surface area contributed by atoms with Crippen LogP contribution in [0.3, 0.4) is 0 Å². The zero-order chi connectivity index (χ0) is 29.4. The fourth-order valence-electron chi connectivity index (χ4n) is 3.72. The number of methoxy groups -OCH3 is 1. The lowest BCUT2D eigenvalue weighted by Gasteiger charge is -2.23. The van der Waals surface area contributed by atoms with Gasteiger partial charge in [0, 0.05) is 15.6 Å². The van der Waals surface area contributed by atoms with Gasteiger partial charge in [0.25, 0.3) is 15.9 Å². The first-order chi connectivity index (χ1) is 19.7. The van der Waals surface area contributed by atoms with Gasteiger partial charge in [0.15, 0.2) is 11.5 Å². The molecule has 0 bridgehead atoms. The molecule has 0 unspecified atom stereocenters. The van der Waals surface area contributed by atoms with Gasteiger partial charge in [-0.2, -0.15) is 5.10 Å². The summed E-state index contributed by atoms with van der Waals surface area (Å²) in [6, 6.07) is 24.8. The molecular formula is C29H24BrCl2N3O5S. The van der Waals surface area contributed by atoms with Gasteiger partial charge in [-0.15, -0.1) is 0 Å². The van der Waals surface area contributed by atoms with E-state index in [0.29, 0.717) is 37.3 Å². The van der Waals surface area contributed by atoms with Gasteiger partial charge in [-0.25, -0.2) is 13.8 Å². The lowest BCUT2D eigenvalue weighted by molar-refractivity contribution is -0.119. The molecule has 0 aromatic heterocycles. The van der Waals surface area contributed by atoms with Crippen LogP contribution in [0.4, 0.5) is 5.69 Å². The van der Waals surface area contributed by atoms with Gasteiger partial charge in [-0.05, 0) is 70.0 Å². The smallest absolute Gasteiger partial charge is 0.264 e. The maximum atomic E-state index is 13.3. The number of hydrogen-bond acceptors (Lipinski definition) is 6. The number of benzene rings is 4. The van der Waals surface area contributed by atoms with E-state index >= 15 is 0 Å². The van der Waals surface area contributed by atoms with Crippen LogP contribution in [0.25, 0.3) is 0 Å². The van der Waals surface area contributed by atoms with Crippen molar-refractivity contribution in [1.29, 1.82) is 0 Å². The molecule has 0 atom stereocenters. The summed E-state index contributed by atoms with van der Waals surface area (Å²) in [7, 11) is -2.51. The largest absolute Gasteiger partial charge is 0.493 e. The molecule has 0 aliphatic heterocycles. The Morgan fingerprint density at radius 3 is 2.34 bits per heavy atom. The maximum Gasteiger partial charge on any atom is 0.264 e. The van der Waals surface area contributed by atoms with E-state index in [1.54, 1.807) is 78.9 Å². The summed E-state index contributed by atoms with van der Waals surface area (Å²) in [5.41, 5.74) is 4.08. The molecule has 4 aromatic carbocycles. The molecule has 212 valence electrons. The van der Waals surface area contributed by atoms with E-state index in [4.69, 9.17) is 32.7 Å². The zero-order valence-electron chi connectivity index (χ0n) is 21.6. The fraction of sp³-hybridized carbons (Fsp3) is 0.103. The standard InChI is InChI=1S/C29H24BrCl2N3O5S/c1-39-27-15-20(14-25(30)29(27)40-19-21-12-13-22(31)16-26(21)32)17-33-34-28(36)18-35(23-8-4-2-5-9-23)41(37,38)24-10-6-3-7-11-24/h2-17H,18-19H2,1H3,(H,34,36)/b33-17-. The highest BCUT2D eigenvalue weighted by atomic mass is 79.9. The van der Waals surface area contributed by atoms with Crippen LogP contribution in [0.1, 0.15) is 11.1 Å². The Labute approximate surface area is 256 Å². The van der Waals surface area contributed by atoms with Crippen LogP contribution < -0.4 is 19.2 Å². The van der Waals surface area contributed by atoms with Crippen molar-refractivity contribution < 1.29 is 22.7 Å². The topological polar surface area (TPSA) is 97.3 Å². The number of anilines is 1. The monoisotopic (exact) mass is 675 g/mol. The van der Waals surface area contributed by atoms with E-state index in [-0.39, 0.29) is 11.5 Å². The second kappa shape index (κ2) is 13.9. The molecule has 4 aromatic rings. The van der Waals surface area contributed by atoms with Gasteiger partial charge in [-0.1, -0.05) is 65.7 Å². The Kier molecular flexibility index (Phi) is 10.3. The average molecular weight is 677 g/mol. The van der Waals surface area contributed by atoms with E-state index in [0.717, 1.165) is 9.87 Å². The van der Waals surface area contributed by atoms with Crippen LogP contribution in [0.15, 0.2) is 105 Å². The van der Waals surface area contributed by atoms with Crippen LogP contribution >= 0.6 is 39.1 Å². The van der Waals surface area contributed by atoms with Crippen LogP contribution in [-0.4, -0.2) is 34.2 Å². The minimum absolute atomic E-state index is 0.0674. The zero-order valence-corrected chi connectivity index (χ0v) is 25.5. The lowest BCUT2D eigenvalue weighted by Crippen LogP contribution is -2.39. The molecule has 1 amide bonds. The van der Waals surface area contributed by atoms with Crippen molar-refractivity contribution in [2.75, 3.05) is 18.0 Å². The summed E-state index contributed by atoms with van der Waals surface area (Å²) in [5.74, 6) is 0.237. The van der Waals surface area contributed by atoms with Gasteiger partial charge in [0.2, 0.25) is 0 Å². The van der Waals surface area contributed by atoms with Crippen molar-refractivity contribution in [2.24, 2.45) is 5.10 Å². The van der Waals surface area contributed by atoms with Gasteiger partial charge in [0.1, 0.15) is 13.2 Å². The molecule has 41 heavy (non-hydrogen) atoms. The average Bonchev–Trinajstić information content (AvgIpc) is 2.96. The number of hydrogen-bond donors (Lipinski definition) is 1. The van der Waals surface area contributed by atoms with E-state index in [2.05, 4.69) is 26.5 Å². The van der Waals surface area contributed by atoms with Crippen LogP contribution in [-0.2, 0) is 21.4 Å². The minimum atomic E-state index is -4.01. The number of hydrazone groups is 1. The number of nitrogens with zero attached hydrogens (tertiary/aromatic N) is 2. The number of rotatable bonds is 11. The molecular weight excluding hydrogens is 653 g/mol. The highest BCUT2D eigenvalue weighted by Crippen LogP contribution is 2.37. The molecule has 0 aliphatic carbocycles. The third-order valence-corrected chi connectivity index (χ3v) is 8.67. The van der Waals surface area contributed by atoms with Gasteiger partial charge < -0.3 is 9.47 Å². The quantitative estimate of drug-likeness (QED) is 0.141. The number of amides is 1. The lowest BCUT2D eigenvalue weighted by atomic mass is 10.2. The normalized spacial score (nSPS) is 11.3. The van der Waals surface area contributed by atoms with E-state index in [1.165, 1.54) is 25.5 Å². The van der Waals surface area contributed by atoms with Crippen LogP contribution in [0.2, 0.25) is 10.0 Å². The molecule has 0 fully saturated rings.